The molecular weight excluding hydrogens is 338 g/mol. The quantitative estimate of drug-likeness (QED) is 0.552. The monoisotopic (exact) mass is 351 g/mol. The van der Waals surface area contributed by atoms with Gasteiger partial charge in [0.05, 0.1) is 17.6 Å². The second-order valence-corrected chi connectivity index (χ2v) is 6.76. The van der Waals surface area contributed by atoms with Crippen LogP contribution in [-0.4, -0.2) is 24.7 Å². The van der Waals surface area contributed by atoms with Crippen molar-refractivity contribution in [2.45, 2.75) is 0 Å². The van der Waals surface area contributed by atoms with Crippen LogP contribution in [0.15, 0.2) is 46.9 Å². The zero-order chi connectivity index (χ0) is 16.4. The van der Waals surface area contributed by atoms with Crippen molar-refractivity contribution < 1.29 is 0 Å². The first-order valence-electron chi connectivity index (χ1n) is 7.26. The molecule has 0 radical (unpaired) electrons. The molecule has 0 spiro atoms. The molecule has 4 rings (SSSR count). The van der Waals surface area contributed by atoms with Crippen molar-refractivity contribution in [3.63, 3.8) is 0 Å². The molecule has 0 aliphatic heterocycles. The Morgan fingerprint density at radius 2 is 2.04 bits per heavy atom. The van der Waals surface area contributed by atoms with Crippen molar-refractivity contribution in [3.05, 3.63) is 58.4 Å². The Hall–Kier alpha value is -2.64. The summed E-state index contributed by atoms with van der Waals surface area (Å²) in [6, 6.07) is 3.96. The molecule has 4 heterocycles. The van der Waals surface area contributed by atoms with Gasteiger partial charge in [0.1, 0.15) is 5.01 Å². The fourth-order valence-electron chi connectivity index (χ4n) is 2.21. The van der Waals surface area contributed by atoms with Crippen molar-refractivity contribution in [1.29, 1.82) is 0 Å². The van der Waals surface area contributed by atoms with E-state index in [2.05, 4.69) is 36.9 Å². The van der Waals surface area contributed by atoms with Gasteiger partial charge >= 0.3 is 0 Å². The number of hydrogen-bond acceptors (Lipinski definition) is 6. The Morgan fingerprint density at radius 3 is 2.83 bits per heavy atom. The summed E-state index contributed by atoms with van der Waals surface area (Å²) in [4.78, 5) is 13.5. The van der Waals surface area contributed by atoms with Gasteiger partial charge in [0.2, 0.25) is 0 Å². The first kappa shape index (κ1) is 14.9. The zero-order valence-corrected chi connectivity index (χ0v) is 14.5. The molecule has 118 valence electrons. The van der Waals surface area contributed by atoms with Crippen molar-refractivity contribution in [1.82, 2.24) is 24.7 Å². The summed E-state index contributed by atoms with van der Waals surface area (Å²) >= 11 is 3.31. The summed E-state index contributed by atoms with van der Waals surface area (Å²) in [5, 5.41) is 11.4. The molecule has 7 heteroatoms. The summed E-state index contributed by atoms with van der Waals surface area (Å²) in [7, 11) is 1.89. The molecule has 0 saturated heterocycles. The van der Waals surface area contributed by atoms with Crippen LogP contribution in [0.4, 0.5) is 0 Å². The van der Waals surface area contributed by atoms with Gasteiger partial charge in [-0.15, -0.1) is 11.3 Å². The number of hydrogen-bond donors (Lipinski definition) is 0. The van der Waals surface area contributed by atoms with Crippen LogP contribution in [-0.2, 0) is 7.05 Å². The molecule has 24 heavy (non-hydrogen) atoms. The Labute approximate surface area is 147 Å². The second-order valence-electron chi connectivity index (χ2n) is 5.13. The van der Waals surface area contributed by atoms with Crippen LogP contribution < -0.4 is 0 Å². The maximum Gasteiger partial charge on any atom is 0.152 e. The number of aromatic nitrogens is 5. The molecule has 0 aliphatic carbocycles. The van der Waals surface area contributed by atoms with Crippen molar-refractivity contribution in [2.24, 2.45) is 7.05 Å². The third kappa shape index (κ3) is 3.17. The van der Waals surface area contributed by atoms with Gasteiger partial charge in [0, 0.05) is 41.3 Å². The Morgan fingerprint density at radius 1 is 1.08 bits per heavy atom. The minimum atomic E-state index is 0.654. The first-order valence-corrected chi connectivity index (χ1v) is 9.08. The van der Waals surface area contributed by atoms with Crippen LogP contribution in [0.25, 0.3) is 34.0 Å². The molecule has 0 aromatic carbocycles. The lowest BCUT2D eigenvalue weighted by Crippen LogP contribution is -1.89. The van der Waals surface area contributed by atoms with Crippen molar-refractivity contribution >= 4 is 34.8 Å². The lowest BCUT2D eigenvalue weighted by molar-refractivity contribution is 0.768. The molecular formula is C17H13N5S2. The molecule has 0 unspecified atom stereocenters. The van der Waals surface area contributed by atoms with E-state index in [0.29, 0.717) is 5.82 Å². The molecule has 0 aliphatic rings. The van der Waals surface area contributed by atoms with Gasteiger partial charge < -0.3 is 0 Å². The van der Waals surface area contributed by atoms with Gasteiger partial charge in [-0.05, 0) is 29.7 Å². The molecule has 0 N–H and O–H groups in total. The van der Waals surface area contributed by atoms with E-state index >= 15 is 0 Å². The largest absolute Gasteiger partial charge is 0.275 e. The topological polar surface area (TPSA) is 56.5 Å². The highest BCUT2D eigenvalue weighted by molar-refractivity contribution is 7.14. The van der Waals surface area contributed by atoms with E-state index in [1.807, 2.05) is 36.8 Å². The first-order chi connectivity index (χ1) is 11.8. The van der Waals surface area contributed by atoms with Gasteiger partial charge in [-0.2, -0.15) is 16.4 Å². The molecule has 0 amide bonds. The highest BCUT2D eigenvalue weighted by Gasteiger charge is 2.05. The highest BCUT2D eigenvalue weighted by Crippen LogP contribution is 2.26. The van der Waals surface area contributed by atoms with Crippen molar-refractivity contribution in [3.8, 4) is 21.8 Å². The third-order valence-corrected chi connectivity index (χ3v) is 4.96. The number of nitrogens with zero attached hydrogens (tertiary/aromatic N) is 5. The van der Waals surface area contributed by atoms with Crippen LogP contribution in [0.5, 0.6) is 0 Å². The molecule has 0 fully saturated rings. The van der Waals surface area contributed by atoms with Crippen LogP contribution in [0, 0.1) is 0 Å². The Balaban J connectivity index is 1.56. The smallest absolute Gasteiger partial charge is 0.152 e. The summed E-state index contributed by atoms with van der Waals surface area (Å²) in [5.74, 6) is 0.654. The SMILES string of the molecule is Cn1cc(-c2ccnc(/C=C/c3csc(-c4ccsc4)n3)n2)cn1. The average Bonchev–Trinajstić information content (AvgIpc) is 3.34. The molecule has 0 saturated carbocycles. The van der Waals surface area contributed by atoms with Gasteiger partial charge in [0.25, 0.3) is 0 Å². The predicted octanol–water partition coefficient (Wildman–Crippen LogP) is 4.23. The maximum absolute atomic E-state index is 4.62. The third-order valence-electron chi connectivity index (χ3n) is 3.37. The van der Waals surface area contributed by atoms with Crippen molar-refractivity contribution in [2.75, 3.05) is 0 Å². The van der Waals surface area contributed by atoms with Crippen LogP contribution in [0.1, 0.15) is 11.5 Å². The zero-order valence-electron chi connectivity index (χ0n) is 12.8. The van der Waals surface area contributed by atoms with E-state index < -0.39 is 0 Å². The van der Waals surface area contributed by atoms with Gasteiger partial charge in [-0.1, -0.05) is 0 Å². The summed E-state index contributed by atoms with van der Waals surface area (Å²) < 4.78 is 1.76. The standard InChI is InChI=1S/C17H13N5S2/c1-22-9-13(8-19-22)15-4-6-18-16(21-15)3-2-14-11-24-17(20-14)12-5-7-23-10-12/h2-11H,1H3/b3-2+. The fourth-order valence-corrected chi connectivity index (χ4v) is 3.71. The Bertz CT molecular complexity index is 982. The van der Waals surface area contributed by atoms with Gasteiger partial charge in [0.15, 0.2) is 5.82 Å². The van der Waals surface area contributed by atoms with Gasteiger partial charge in [-0.3, -0.25) is 4.68 Å². The van der Waals surface area contributed by atoms with E-state index in [0.717, 1.165) is 22.0 Å². The molecule has 5 nitrogen and oxygen atoms in total. The number of rotatable bonds is 4. The molecule has 4 aromatic rings. The molecule has 4 aromatic heterocycles. The van der Waals surface area contributed by atoms with E-state index in [1.165, 1.54) is 5.56 Å². The predicted molar refractivity (Wildman–Crippen MR) is 98.6 cm³/mol. The van der Waals surface area contributed by atoms with Crippen LogP contribution in [0.2, 0.25) is 0 Å². The number of thiazole rings is 1. The normalized spacial score (nSPS) is 11.4. The number of thiophene rings is 1. The minimum absolute atomic E-state index is 0.654. The summed E-state index contributed by atoms with van der Waals surface area (Å²) in [5.41, 5.74) is 3.91. The van der Waals surface area contributed by atoms with Crippen LogP contribution >= 0.6 is 22.7 Å². The van der Waals surface area contributed by atoms with E-state index in [4.69, 9.17) is 0 Å². The fraction of sp³-hybridized carbons (Fsp3) is 0.0588. The van der Waals surface area contributed by atoms with Crippen LogP contribution in [0.3, 0.4) is 0 Å². The lowest BCUT2D eigenvalue weighted by Gasteiger charge is -1.97. The van der Waals surface area contributed by atoms with E-state index in [9.17, 15) is 0 Å². The molecule has 0 atom stereocenters. The number of aryl methyl sites for hydroxylation is 1. The van der Waals surface area contributed by atoms with Gasteiger partial charge in [-0.25, -0.2) is 15.0 Å². The van der Waals surface area contributed by atoms with E-state index in [-0.39, 0.29) is 0 Å². The highest BCUT2D eigenvalue weighted by atomic mass is 32.1. The molecule has 0 bridgehead atoms. The van der Waals surface area contributed by atoms with E-state index in [1.54, 1.807) is 39.7 Å². The lowest BCUT2D eigenvalue weighted by atomic mass is 10.2. The minimum Gasteiger partial charge on any atom is -0.275 e. The average molecular weight is 351 g/mol. The second kappa shape index (κ2) is 6.46. The Kier molecular flexibility index (Phi) is 4.02. The summed E-state index contributed by atoms with van der Waals surface area (Å²) in [6.07, 6.45) is 9.31. The maximum atomic E-state index is 4.62. The summed E-state index contributed by atoms with van der Waals surface area (Å²) in [6.45, 7) is 0.